The molecule has 3 saturated heterocycles. The molecule has 3 fully saturated rings. The zero-order chi connectivity index (χ0) is 60.2. The van der Waals surface area contributed by atoms with Gasteiger partial charge in [0.15, 0.2) is 5.96 Å². The highest BCUT2D eigenvalue weighted by molar-refractivity contribution is 5.99. The van der Waals surface area contributed by atoms with Gasteiger partial charge in [-0.2, -0.15) is 0 Å². The van der Waals surface area contributed by atoms with Gasteiger partial charge < -0.3 is 79.0 Å². The quantitative estimate of drug-likeness (QED) is 0.0230. The molecule has 0 radical (unpaired) electrons. The molecule has 2 aromatic rings. The number of hydrogen-bond acceptors (Lipinski definition) is 14. The topological polar surface area (TPSA) is 412 Å². The van der Waals surface area contributed by atoms with Crippen LogP contribution in [0.25, 0.3) is 0 Å². The Hall–Kier alpha value is -7.68. The molecule has 5 rings (SSSR count). The third-order valence-corrected chi connectivity index (χ3v) is 15.1. The molecule has 27 heteroatoms. The number of aliphatic carboxylic acids is 1. The van der Waals surface area contributed by atoms with Crippen LogP contribution in [0.4, 0.5) is 0 Å². The number of likely N-dealkylation sites (tertiary alicyclic amines) is 3. The van der Waals surface area contributed by atoms with E-state index in [9.17, 15) is 58.2 Å². The van der Waals surface area contributed by atoms with Gasteiger partial charge in [-0.3, -0.25) is 48.1 Å². The lowest BCUT2D eigenvalue weighted by Gasteiger charge is -2.33. The fourth-order valence-electron chi connectivity index (χ4n) is 10.5. The second-order valence-electron chi connectivity index (χ2n) is 22.0. The number of nitrogens with one attached hydrogen (secondary N) is 7. The first kappa shape index (κ1) is 65.1. The van der Waals surface area contributed by atoms with Crippen LogP contribution in [0.2, 0.25) is 0 Å². The minimum Gasteiger partial charge on any atom is -0.480 e. The third-order valence-electron chi connectivity index (χ3n) is 15.1. The summed E-state index contributed by atoms with van der Waals surface area (Å²) in [5.74, 6) is -8.75. The Kier molecular flexibility index (Phi) is 25.0. The van der Waals surface area contributed by atoms with Crippen LogP contribution < -0.4 is 49.1 Å². The van der Waals surface area contributed by atoms with Crippen LogP contribution in [0.15, 0.2) is 47.8 Å². The summed E-state index contributed by atoms with van der Waals surface area (Å²) in [4.78, 5) is 154. The summed E-state index contributed by atoms with van der Waals surface area (Å²) in [5.41, 5.74) is 18.4. The Morgan fingerprint density at radius 2 is 1.20 bits per heavy atom. The molecule has 4 heterocycles. The number of aromatic nitrogens is 2. The molecule has 0 saturated carbocycles. The molecule has 27 nitrogen and oxygen atoms in total. The van der Waals surface area contributed by atoms with E-state index >= 15 is 0 Å². The third kappa shape index (κ3) is 18.2. The fraction of sp³-hybridized carbons (Fsp3) is 0.636. The van der Waals surface area contributed by atoms with Gasteiger partial charge >= 0.3 is 5.97 Å². The van der Waals surface area contributed by atoms with E-state index in [1.807, 2.05) is 6.92 Å². The highest BCUT2D eigenvalue weighted by Gasteiger charge is 2.44. The molecule has 3 aliphatic heterocycles. The first-order valence-corrected chi connectivity index (χ1v) is 28.5. The number of aliphatic imine (C=N–C) groups is 1. The van der Waals surface area contributed by atoms with E-state index in [0.29, 0.717) is 49.9 Å². The Morgan fingerprint density at radius 3 is 1.76 bits per heavy atom. The van der Waals surface area contributed by atoms with E-state index in [0.717, 1.165) is 12.8 Å². The average Bonchev–Trinajstić information content (AvgIpc) is 4.36. The Morgan fingerprint density at radius 1 is 0.646 bits per heavy atom. The summed E-state index contributed by atoms with van der Waals surface area (Å²) in [6.07, 6.45) is 6.99. The lowest BCUT2D eigenvalue weighted by molar-refractivity contribution is -0.150. The number of unbranched alkanes of at least 4 members (excludes halogenated alkanes) is 1. The van der Waals surface area contributed by atoms with Crippen molar-refractivity contribution in [3.8, 4) is 0 Å². The van der Waals surface area contributed by atoms with Crippen molar-refractivity contribution >= 4 is 65.1 Å². The number of amides is 9. The minimum absolute atomic E-state index is 0.0266. The molecule has 3 aliphatic rings. The molecule has 9 amide bonds. The van der Waals surface area contributed by atoms with Crippen LogP contribution in [-0.2, 0) is 60.8 Å². The smallest absolute Gasteiger partial charge is 0.326 e. The minimum atomic E-state index is -1.71. The number of nitrogens with two attached hydrogens (primary N) is 3. The number of aromatic amines is 1. The lowest BCUT2D eigenvalue weighted by Crippen LogP contribution is -2.62. The van der Waals surface area contributed by atoms with Crippen molar-refractivity contribution in [1.29, 1.82) is 0 Å². The molecule has 0 aliphatic carbocycles. The highest BCUT2D eigenvalue weighted by atomic mass is 16.4. The summed E-state index contributed by atoms with van der Waals surface area (Å²) in [7, 11) is 0. The number of aliphatic hydroxyl groups excluding tert-OH is 1. The van der Waals surface area contributed by atoms with Gasteiger partial charge in [-0.1, -0.05) is 77.8 Å². The maximum absolute atomic E-state index is 14.6. The maximum atomic E-state index is 14.6. The molecule has 0 bridgehead atoms. The van der Waals surface area contributed by atoms with Crippen molar-refractivity contribution in [1.82, 2.24) is 56.6 Å². The maximum Gasteiger partial charge on any atom is 0.326 e. The van der Waals surface area contributed by atoms with Crippen molar-refractivity contribution in [2.24, 2.45) is 34.0 Å². The average molecular weight is 1150 g/mol. The van der Waals surface area contributed by atoms with Crippen molar-refractivity contribution in [3.63, 3.8) is 0 Å². The number of imidazole rings is 1. The van der Waals surface area contributed by atoms with Gasteiger partial charge in [-0.05, 0) is 75.2 Å². The van der Waals surface area contributed by atoms with E-state index in [-0.39, 0.29) is 70.0 Å². The number of hydrogen-bond donors (Lipinski definition) is 12. The number of carbonyl (C=O) groups excluding carboxylic acids is 9. The molecule has 1 aromatic heterocycles. The van der Waals surface area contributed by atoms with Crippen molar-refractivity contribution < 1.29 is 58.2 Å². The van der Waals surface area contributed by atoms with E-state index < -0.39 is 132 Å². The zero-order valence-corrected chi connectivity index (χ0v) is 47.6. The lowest BCUT2D eigenvalue weighted by atomic mass is 10.0. The Balaban J connectivity index is 1.30. The molecule has 82 heavy (non-hydrogen) atoms. The first-order valence-electron chi connectivity index (χ1n) is 28.5. The summed E-state index contributed by atoms with van der Waals surface area (Å²) in [5, 5.41) is 36.5. The number of carbonyl (C=O) groups is 10. The molecule has 0 unspecified atom stereocenters. The van der Waals surface area contributed by atoms with Gasteiger partial charge in [0.2, 0.25) is 53.2 Å². The van der Waals surface area contributed by atoms with E-state index in [1.54, 1.807) is 58.0 Å². The Labute approximate surface area is 477 Å². The molecular formula is C55H85N15O12. The zero-order valence-electron chi connectivity index (χ0n) is 47.6. The number of H-pyrrole nitrogens is 1. The van der Waals surface area contributed by atoms with E-state index in [4.69, 9.17) is 17.2 Å². The number of carboxylic acids is 1. The molecule has 15 N–H and O–H groups in total. The SMILES string of the molecule is CCCC[C@H](N)C(=O)N1CCC[C@H]1C(=O)N[C@H](C(=O)N[C@@H](Cc1cnc[nH]1)C(=O)N[C@@H](CO)C(=O)N[C@@H](CCCN=C(N)N)C(=O)N[C@H](C(=O)N1CCC[C@H]1C(=O)N[C@@H](Cc1ccccc1)C(=O)N1CCC[C@H]1C(=O)O)C(C)C)C(C)C. The number of carboxylic acid groups (broad SMARTS) is 1. The number of rotatable bonds is 30. The van der Waals surface area contributed by atoms with Crippen LogP contribution >= 0.6 is 0 Å². The first-order chi connectivity index (χ1) is 39.1. The van der Waals surface area contributed by atoms with Gasteiger partial charge in [0.1, 0.15) is 54.4 Å². The van der Waals surface area contributed by atoms with Crippen molar-refractivity contribution in [3.05, 3.63) is 54.1 Å². The van der Waals surface area contributed by atoms with Crippen LogP contribution in [0.3, 0.4) is 0 Å². The van der Waals surface area contributed by atoms with Crippen molar-refractivity contribution in [2.75, 3.05) is 32.8 Å². The number of nitrogens with zero attached hydrogens (tertiary/aromatic N) is 5. The molecule has 0 spiro atoms. The highest BCUT2D eigenvalue weighted by Crippen LogP contribution is 2.24. The van der Waals surface area contributed by atoms with Crippen LogP contribution in [-0.4, -0.2) is 193 Å². The summed E-state index contributed by atoms with van der Waals surface area (Å²) in [6, 6.07) is -3.01. The second-order valence-corrected chi connectivity index (χ2v) is 22.0. The standard InChI is InChI=1S/C55H85N15O12/c1-6-7-17-35(56)51(78)68-23-12-20-41(68)49(76)66-43(31(2)3)50(77)63-37(27-34-28-59-30-61-34)46(73)65-39(29-71)47(74)62-36(18-11-22-60-55(57)58)45(72)67-44(32(4)5)53(80)69-24-13-19-40(69)48(75)64-38(26-33-15-9-8-10-16-33)52(79)70-25-14-21-42(70)54(81)82/h8-10,15-16,28,30-32,35-44,71H,6-7,11-14,17-27,29,56H2,1-5H3,(H,59,61)(H,62,74)(H,63,77)(H,64,75)(H,65,73)(H,66,76)(H,67,72)(H,81,82)(H4,57,58,60)/t35-,36-,37-,38-,39-,40-,41-,42-,43-,44-/m0/s1. The van der Waals surface area contributed by atoms with Gasteiger partial charge in [0, 0.05) is 50.9 Å². The van der Waals surface area contributed by atoms with Gasteiger partial charge in [0.05, 0.1) is 19.0 Å². The van der Waals surface area contributed by atoms with Gasteiger partial charge in [-0.25, -0.2) is 9.78 Å². The molecule has 1 aromatic carbocycles. The number of guanidine groups is 1. The summed E-state index contributed by atoms with van der Waals surface area (Å²) in [6.45, 7) is 8.41. The Bertz CT molecular complexity index is 2550. The predicted molar refractivity (Wildman–Crippen MR) is 300 cm³/mol. The monoisotopic (exact) mass is 1150 g/mol. The molecule has 452 valence electrons. The van der Waals surface area contributed by atoms with Gasteiger partial charge in [0.25, 0.3) is 0 Å². The molecule has 10 atom stereocenters. The van der Waals surface area contributed by atoms with E-state index in [1.165, 1.54) is 27.2 Å². The number of benzene rings is 1. The predicted octanol–water partition coefficient (Wildman–Crippen LogP) is -1.96. The normalized spacial score (nSPS) is 19.5. The largest absolute Gasteiger partial charge is 0.480 e. The van der Waals surface area contributed by atoms with E-state index in [2.05, 4.69) is 46.9 Å². The van der Waals surface area contributed by atoms with Crippen LogP contribution in [0, 0.1) is 11.8 Å². The summed E-state index contributed by atoms with van der Waals surface area (Å²) < 4.78 is 0. The summed E-state index contributed by atoms with van der Waals surface area (Å²) >= 11 is 0. The van der Waals surface area contributed by atoms with Crippen LogP contribution in [0.5, 0.6) is 0 Å². The number of aliphatic hydroxyl groups is 1. The van der Waals surface area contributed by atoms with Crippen molar-refractivity contribution in [2.45, 2.75) is 179 Å². The van der Waals surface area contributed by atoms with Gasteiger partial charge in [-0.15, -0.1) is 0 Å². The van der Waals surface area contributed by atoms with Crippen LogP contribution in [0.1, 0.15) is 117 Å². The molecular weight excluding hydrogens is 1060 g/mol. The fourth-order valence-corrected chi connectivity index (χ4v) is 10.5. The second kappa shape index (κ2) is 31.5.